The Morgan fingerprint density at radius 1 is 1.14 bits per heavy atom. The van der Waals surface area contributed by atoms with Crippen LogP contribution in [0.3, 0.4) is 0 Å². The number of benzene rings is 1. The normalized spacial score (nSPS) is 19.2. The minimum absolute atomic E-state index is 0.249. The number of likely N-dealkylation sites (N-methyl/N-ethyl adjacent to an activating group) is 1. The lowest BCUT2D eigenvalue weighted by atomic mass is 9.81. The molecule has 2 unspecified atom stereocenters. The molecule has 2 atom stereocenters. The second-order valence-electron chi connectivity index (χ2n) is 5.86. The Labute approximate surface area is 129 Å². The Hall–Kier alpha value is -1.06. The minimum Gasteiger partial charge on any atom is -0.497 e. The maximum absolute atomic E-state index is 6.15. The molecule has 21 heavy (non-hydrogen) atoms. The third kappa shape index (κ3) is 4.21. The largest absolute Gasteiger partial charge is 0.497 e. The average Bonchev–Trinajstić information content (AvgIpc) is 2.56. The van der Waals surface area contributed by atoms with Crippen LogP contribution in [0.5, 0.6) is 5.75 Å². The molecule has 1 aliphatic carbocycles. The summed E-state index contributed by atoms with van der Waals surface area (Å²) in [7, 11) is 3.74. The molecule has 118 valence electrons. The first kappa shape index (κ1) is 16.3. The van der Waals surface area contributed by atoms with Gasteiger partial charge in [0.1, 0.15) is 5.75 Å². The molecule has 1 fully saturated rings. The standard InChI is InChI=1S/C18H29NO2/c1-4-21-18(15-8-6-5-7-9-15)17(19-2)14-10-12-16(20-3)13-11-14/h10-13,15,17-19H,4-9H2,1-3H3. The monoisotopic (exact) mass is 291 g/mol. The van der Waals surface area contributed by atoms with Crippen LogP contribution in [0.15, 0.2) is 24.3 Å². The average molecular weight is 291 g/mol. The Morgan fingerprint density at radius 2 is 1.81 bits per heavy atom. The zero-order valence-electron chi connectivity index (χ0n) is 13.6. The summed E-state index contributed by atoms with van der Waals surface area (Å²) in [6, 6.07) is 8.61. The Kier molecular flexibility index (Phi) is 6.52. The zero-order chi connectivity index (χ0) is 15.1. The molecular formula is C18H29NO2. The van der Waals surface area contributed by atoms with Crippen LogP contribution < -0.4 is 10.1 Å². The predicted octanol–water partition coefficient (Wildman–Crippen LogP) is 3.94. The van der Waals surface area contributed by atoms with Gasteiger partial charge in [0.15, 0.2) is 0 Å². The maximum Gasteiger partial charge on any atom is 0.118 e. The van der Waals surface area contributed by atoms with Gasteiger partial charge in [-0.25, -0.2) is 0 Å². The number of rotatable bonds is 7. The molecule has 0 bridgehead atoms. The first-order valence-electron chi connectivity index (χ1n) is 8.23. The Balaban J connectivity index is 2.16. The maximum atomic E-state index is 6.15. The van der Waals surface area contributed by atoms with Gasteiger partial charge in [-0.3, -0.25) is 0 Å². The highest BCUT2D eigenvalue weighted by atomic mass is 16.5. The molecule has 1 saturated carbocycles. The van der Waals surface area contributed by atoms with Crippen LogP contribution in [0.25, 0.3) is 0 Å². The van der Waals surface area contributed by atoms with E-state index in [9.17, 15) is 0 Å². The molecule has 3 nitrogen and oxygen atoms in total. The Bertz CT molecular complexity index is 398. The zero-order valence-corrected chi connectivity index (χ0v) is 13.6. The second kappa shape index (κ2) is 8.40. The van der Waals surface area contributed by atoms with Crippen LogP contribution in [0.2, 0.25) is 0 Å². The summed E-state index contributed by atoms with van der Waals surface area (Å²) in [5, 5.41) is 3.47. The quantitative estimate of drug-likeness (QED) is 0.825. The summed E-state index contributed by atoms with van der Waals surface area (Å²) in [4.78, 5) is 0. The van der Waals surface area contributed by atoms with Crippen molar-refractivity contribution < 1.29 is 9.47 Å². The minimum atomic E-state index is 0.249. The van der Waals surface area contributed by atoms with E-state index in [1.54, 1.807) is 7.11 Å². The van der Waals surface area contributed by atoms with Gasteiger partial charge < -0.3 is 14.8 Å². The number of ether oxygens (including phenoxy) is 2. The van der Waals surface area contributed by atoms with Crippen LogP contribution in [0.1, 0.15) is 50.6 Å². The number of methoxy groups -OCH3 is 1. The van der Waals surface area contributed by atoms with Crippen LogP contribution >= 0.6 is 0 Å². The Morgan fingerprint density at radius 3 is 2.33 bits per heavy atom. The van der Waals surface area contributed by atoms with Crippen molar-refractivity contribution in [2.75, 3.05) is 20.8 Å². The molecule has 0 radical (unpaired) electrons. The molecule has 1 N–H and O–H groups in total. The summed E-state index contributed by atoms with van der Waals surface area (Å²) >= 11 is 0. The van der Waals surface area contributed by atoms with Crippen molar-refractivity contribution in [1.82, 2.24) is 5.32 Å². The third-order valence-electron chi connectivity index (χ3n) is 4.59. The summed E-state index contributed by atoms with van der Waals surface area (Å²) in [5.41, 5.74) is 1.28. The van der Waals surface area contributed by atoms with E-state index in [1.165, 1.54) is 37.7 Å². The van der Waals surface area contributed by atoms with Gasteiger partial charge in [0.05, 0.1) is 19.3 Å². The topological polar surface area (TPSA) is 30.5 Å². The van der Waals surface area contributed by atoms with E-state index < -0.39 is 0 Å². The number of nitrogens with one attached hydrogen (secondary N) is 1. The van der Waals surface area contributed by atoms with Crippen LogP contribution in [-0.2, 0) is 4.74 Å². The molecular weight excluding hydrogens is 262 g/mol. The van der Waals surface area contributed by atoms with Gasteiger partial charge in [0.2, 0.25) is 0 Å². The highest BCUT2D eigenvalue weighted by Crippen LogP contribution is 2.34. The van der Waals surface area contributed by atoms with E-state index in [-0.39, 0.29) is 12.1 Å². The fourth-order valence-electron chi connectivity index (χ4n) is 3.49. The third-order valence-corrected chi connectivity index (χ3v) is 4.59. The van der Waals surface area contributed by atoms with Crippen molar-refractivity contribution in [1.29, 1.82) is 0 Å². The van der Waals surface area contributed by atoms with Crippen LogP contribution in [-0.4, -0.2) is 26.9 Å². The van der Waals surface area contributed by atoms with Crippen molar-refractivity contribution in [3.63, 3.8) is 0 Å². The van der Waals surface area contributed by atoms with Crippen molar-refractivity contribution in [2.24, 2.45) is 5.92 Å². The summed E-state index contributed by atoms with van der Waals surface area (Å²) in [6.45, 7) is 2.87. The van der Waals surface area contributed by atoms with Crippen molar-refractivity contribution in [3.8, 4) is 5.75 Å². The van der Waals surface area contributed by atoms with Crippen LogP contribution in [0.4, 0.5) is 0 Å². The summed E-state index contributed by atoms with van der Waals surface area (Å²) < 4.78 is 11.4. The lowest BCUT2D eigenvalue weighted by molar-refractivity contribution is -0.0167. The predicted molar refractivity (Wildman–Crippen MR) is 86.8 cm³/mol. The van der Waals surface area contributed by atoms with Gasteiger partial charge in [-0.2, -0.15) is 0 Å². The molecule has 0 spiro atoms. The van der Waals surface area contributed by atoms with Gasteiger partial charge in [-0.1, -0.05) is 31.4 Å². The van der Waals surface area contributed by atoms with E-state index in [0.29, 0.717) is 5.92 Å². The molecule has 0 heterocycles. The lowest BCUT2D eigenvalue weighted by Gasteiger charge is -2.35. The van der Waals surface area contributed by atoms with E-state index in [2.05, 4.69) is 24.4 Å². The second-order valence-corrected chi connectivity index (χ2v) is 5.86. The number of hydrogen-bond acceptors (Lipinski definition) is 3. The van der Waals surface area contributed by atoms with Crippen LogP contribution in [0, 0.1) is 5.92 Å². The van der Waals surface area contributed by atoms with Crippen molar-refractivity contribution in [2.45, 2.75) is 51.2 Å². The molecule has 1 aromatic carbocycles. The molecule has 0 aromatic heterocycles. The van der Waals surface area contributed by atoms with E-state index in [0.717, 1.165) is 12.4 Å². The smallest absolute Gasteiger partial charge is 0.118 e. The molecule has 1 aromatic rings. The van der Waals surface area contributed by atoms with Gasteiger partial charge >= 0.3 is 0 Å². The highest BCUT2D eigenvalue weighted by Gasteiger charge is 2.31. The van der Waals surface area contributed by atoms with Gasteiger partial charge in [0, 0.05) is 6.61 Å². The molecule has 3 heteroatoms. The molecule has 1 aliphatic rings. The fraction of sp³-hybridized carbons (Fsp3) is 0.667. The van der Waals surface area contributed by atoms with Crippen molar-refractivity contribution >= 4 is 0 Å². The van der Waals surface area contributed by atoms with E-state index in [1.807, 2.05) is 19.2 Å². The van der Waals surface area contributed by atoms with Crippen molar-refractivity contribution in [3.05, 3.63) is 29.8 Å². The fourth-order valence-corrected chi connectivity index (χ4v) is 3.49. The number of hydrogen-bond donors (Lipinski definition) is 1. The van der Waals surface area contributed by atoms with E-state index in [4.69, 9.17) is 9.47 Å². The first-order valence-corrected chi connectivity index (χ1v) is 8.23. The van der Waals surface area contributed by atoms with Gasteiger partial charge in [0.25, 0.3) is 0 Å². The highest BCUT2D eigenvalue weighted by molar-refractivity contribution is 5.29. The van der Waals surface area contributed by atoms with E-state index >= 15 is 0 Å². The SMILES string of the molecule is CCOC(C1CCCCC1)C(NC)c1ccc(OC)cc1. The lowest BCUT2D eigenvalue weighted by Crippen LogP contribution is -2.38. The van der Waals surface area contributed by atoms with Gasteiger partial charge in [-0.05, 0) is 50.4 Å². The summed E-state index contributed by atoms with van der Waals surface area (Å²) in [5.74, 6) is 1.57. The molecule has 0 amide bonds. The van der Waals surface area contributed by atoms with Gasteiger partial charge in [-0.15, -0.1) is 0 Å². The molecule has 0 aliphatic heterocycles. The summed E-state index contributed by atoms with van der Waals surface area (Å²) in [6.07, 6.45) is 6.90. The first-order chi connectivity index (χ1) is 10.3. The molecule has 0 saturated heterocycles. The molecule has 2 rings (SSSR count).